The van der Waals surface area contributed by atoms with E-state index in [2.05, 4.69) is 21.5 Å². The van der Waals surface area contributed by atoms with Gasteiger partial charge in [0.15, 0.2) is 10.8 Å². The van der Waals surface area contributed by atoms with E-state index in [0.29, 0.717) is 16.1 Å². The minimum absolute atomic E-state index is 0.00552. The molecule has 0 aromatic carbocycles. The number of carboxylic acid groups (broad SMARTS) is 1. The minimum atomic E-state index is -0.848. The lowest BCUT2D eigenvalue weighted by molar-refractivity contribution is -0.133. The largest absolute Gasteiger partial charge is 0.481 e. The summed E-state index contributed by atoms with van der Waals surface area (Å²) in [5.41, 5.74) is 1.50. The third-order valence-electron chi connectivity index (χ3n) is 3.50. The van der Waals surface area contributed by atoms with Crippen molar-refractivity contribution in [3.63, 3.8) is 0 Å². The first kappa shape index (κ1) is 13.7. The van der Waals surface area contributed by atoms with Gasteiger partial charge in [-0.3, -0.25) is 4.79 Å². The molecule has 2 aromatic heterocycles. The van der Waals surface area contributed by atoms with Gasteiger partial charge in [0.25, 0.3) is 0 Å². The molecule has 0 spiro atoms. The molecule has 0 bridgehead atoms. The molecule has 1 atom stereocenters. The van der Waals surface area contributed by atoms with Crippen LogP contribution in [-0.4, -0.2) is 31.4 Å². The van der Waals surface area contributed by atoms with Crippen LogP contribution in [0.4, 0.5) is 0 Å². The maximum absolute atomic E-state index is 10.8. The average molecular weight is 312 g/mol. The summed E-state index contributed by atoms with van der Waals surface area (Å²) in [6, 6.07) is 2.05. The zero-order valence-electron chi connectivity index (χ0n) is 10.9. The molecule has 0 amide bonds. The Balaban J connectivity index is 2.05. The molecule has 1 unspecified atom stereocenters. The van der Waals surface area contributed by atoms with E-state index >= 15 is 0 Å². The summed E-state index contributed by atoms with van der Waals surface area (Å²) in [7, 11) is 0. The molecule has 0 saturated heterocycles. The Morgan fingerprint density at radius 3 is 3.05 bits per heavy atom. The van der Waals surface area contributed by atoms with Gasteiger partial charge in [-0.15, -0.1) is 0 Å². The lowest BCUT2D eigenvalue weighted by Gasteiger charge is -2.15. The third kappa shape index (κ3) is 2.62. The van der Waals surface area contributed by atoms with E-state index in [-0.39, 0.29) is 11.8 Å². The van der Waals surface area contributed by atoms with Crippen LogP contribution in [0.3, 0.4) is 0 Å². The monoisotopic (exact) mass is 311 g/mol. The van der Waals surface area contributed by atoms with Crippen molar-refractivity contribution in [1.29, 1.82) is 0 Å². The second kappa shape index (κ2) is 5.26. The van der Waals surface area contributed by atoms with Crippen molar-refractivity contribution >= 4 is 40.5 Å². The molecule has 1 saturated carbocycles. The van der Waals surface area contributed by atoms with Crippen molar-refractivity contribution in [3.05, 3.63) is 17.3 Å². The van der Waals surface area contributed by atoms with Crippen molar-refractivity contribution in [1.82, 2.24) is 14.5 Å². The number of fused-ring (bicyclic) bond motifs is 1. The third-order valence-corrected chi connectivity index (χ3v) is 4.64. The van der Waals surface area contributed by atoms with Gasteiger partial charge in [0, 0.05) is 12.2 Å². The fourth-order valence-electron chi connectivity index (χ4n) is 2.32. The van der Waals surface area contributed by atoms with Crippen LogP contribution in [0.25, 0.3) is 11.2 Å². The van der Waals surface area contributed by atoms with Crippen LogP contribution in [0.1, 0.15) is 25.8 Å². The van der Waals surface area contributed by atoms with E-state index in [1.807, 2.05) is 0 Å². The van der Waals surface area contributed by atoms with Gasteiger partial charge < -0.3 is 9.67 Å². The topological polar surface area (TPSA) is 68.0 Å². The summed E-state index contributed by atoms with van der Waals surface area (Å²) in [6.07, 6.45) is 4.02. The Labute approximate surface area is 125 Å². The van der Waals surface area contributed by atoms with Crippen LogP contribution in [0.5, 0.6) is 0 Å². The number of hydrogen-bond acceptors (Lipinski definition) is 4. The van der Waals surface area contributed by atoms with Crippen molar-refractivity contribution in [2.45, 2.75) is 31.0 Å². The number of aromatic nitrogens is 3. The van der Waals surface area contributed by atoms with E-state index in [4.69, 9.17) is 16.7 Å². The average Bonchev–Trinajstić information content (AvgIpc) is 3.17. The Hall–Kier alpha value is -1.27. The lowest BCUT2D eigenvalue weighted by atomic mass is 10.2. The number of imidazole rings is 1. The van der Waals surface area contributed by atoms with Crippen LogP contribution in [0, 0.1) is 5.92 Å². The van der Waals surface area contributed by atoms with Crippen molar-refractivity contribution in [3.8, 4) is 0 Å². The first-order chi connectivity index (χ1) is 9.56. The number of aliphatic carboxylic acids is 1. The SMILES string of the molecule is CC(C1CC1)n1c(SCC(=O)O)nc2cc(Cl)cnc21. The van der Waals surface area contributed by atoms with Gasteiger partial charge in [-0.25, -0.2) is 9.97 Å². The molecule has 2 aromatic rings. The predicted octanol–water partition coefficient (Wildman–Crippen LogP) is 3.23. The van der Waals surface area contributed by atoms with Crippen LogP contribution >= 0.6 is 23.4 Å². The maximum Gasteiger partial charge on any atom is 0.313 e. The van der Waals surface area contributed by atoms with Gasteiger partial charge in [0.1, 0.15) is 5.52 Å². The predicted molar refractivity (Wildman–Crippen MR) is 78.3 cm³/mol. The number of carboxylic acids is 1. The molecule has 1 aliphatic rings. The van der Waals surface area contributed by atoms with Gasteiger partial charge >= 0.3 is 5.97 Å². The molecule has 1 fully saturated rings. The highest BCUT2D eigenvalue weighted by molar-refractivity contribution is 7.99. The molecule has 0 radical (unpaired) electrons. The summed E-state index contributed by atoms with van der Waals surface area (Å²) in [5, 5.41) is 10.1. The standard InChI is InChI=1S/C13H14ClN3O2S/c1-7(8-2-3-8)17-12-10(4-9(14)5-15-12)16-13(17)20-6-11(18)19/h4-5,7-8H,2-3,6H2,1H3,(H,18,19). The first-order valence-electron chi connectivity index (χ1n) is 6.44. The first-order valence-corrected chi connectivity index (χ1v) is 7.80. The quantitative estimate of drug-likeness (QED) is 0.859. The second-order valence-corrected chi connectivity index (χ2v) is 6.40. The molecule has 3 rings (SSSR count). The highest BCUT2D eigenvalue weighted by Crippen LogP contribution is 2.42. The molecule has 20 heavy (non-hydrogen) atoms. The van der Waals surface area contributed by atoms with Crippen LogP contribution in [-0.2, 0) is 4.79 Å². The molecule has 106 valence electrons. The number of halogens is 1. The highest BCUT2D eigenvalue weighted by Gasteiger charge is 2.32. The molecular formula is C13H14ClN3O2S. The van der Waals surface area contributed by atoms with Crippen molar-refractivity contribution < 1.29 is 9.90 Å². The molecular weight excluding hydrogens is 298 g/mol. The molecule has 1 N–H and O–H groups in total. The van der Waals surface area contributed by atoms with E-state index in [1.54, 1.807) is 12.3 Å². The Morgan fingerprint density at radius 1 is 1.65 bits per heavy atom. The van der Waals surface area contributed by atoms with E-state index in [9.17, 15) is 4.79 Å². The highest BCUT2D eigenvalue weighted by atomic mass is 35.5. The molecule has 0 aliphatic heterocycles. The van der Waals surface area contributed by atoms with E-state index in [0.717, 1.165) is 11.2 Å². The van der Waals surface area contributed by atoms with Gasteiger partial charge in [0.2, 0.25) is 0 Å². The molecule has 2 heterocycles. The summed E-state index contributed by atoms with van der Waals surface area (Å²) in [5.74, 6) is -0.221. The number of hydrogen-bond donors (Lipinski definition) is 1. The number of thioether (sulfide) groups is 1. The van der Waals surface area contributed by atoms with Crippen LogP contribution in [0.15, 0.2) is 17.4 Å². The number of carbonyl (C=O) groups is 1. The summed E-state index contributed by atoms with van der Waals surface area (Å²) in [6.45, 7) is 2.14. The van der Waals surface area contributed by atoms with Gasteiger partial charge in [0.05, 0.1) is 10.8 Å². The molecule has 5 nitrogen and oxygen atoms in total. The second-order valence-electron chi connectivity index (χ2n) is 5.02. The fraction of sp³-hybridized carbons (Fsp3) is 0.462. The smallest absolute Gasteiger partial charge is 0.313 e. The Morgan fingerprint density at radius 2 is 2.40 bits per heavy atom. The fourth-order valence-corrected chi connectivity index (χ4v) is 3.28. The Bertz CT molecular complexity index is 669. The number of pyridine rings is 1. The van der Waals surface area contributed by atoms with Crippen LogP contribution < -0.4 is 0 Å². The van der Waals surface area contributed by atoms with Crippen molar-refractivity contribution in [2.24, 2.45) is 5.92 Å². The molecule has 7 heteroatoms. The zero-order chi connectivity index (χ0) is 14.3. The van der Waals surface area contributed by atoms with Gasteiger partial charge in [-0.1, -0.05) is 23.4 Å². The lowest BCUT2D eigenvalue weighted by Crippen LogP contribution is -2.10. The van der Waals surface area contributed by atoms with Crippen LogP contribution in [0.2, 0.25) is 5.02 Å². The summed E-state index contributed by atoms with van der Waals surface area (Å²) in [4.78, 5) is 19.6. The number of rotatable bonds is 5. The Kier molecular flexibility index (Phi) is 3.60. The van der Waals surface area contributed by atoms with Crippen molar-refractivity contribution in [2.75, 3.05) is 5.75 Å². The minimum Gasteiger partial charge on any atom is -0.481 e. The normalized spacial score (nSPS) is 16.5. The zero-order valence-corrected chi connectivity index (χ0v) is 12.5. The maximum atomic E-state index is 10.8. The summed E-state index contributed by atoms with van der Waals surface area (Å²) >= 11 is 7.18. The van der Waals surface area contributed by atoms with Gasteiger partial charge in [-0.2, -0.15) is 0 Å². The van der Waals surface area contributed by atoms with E-state index in [1.165, 1.54) is 24.6 Å². The summed E-state index contributed by atoms with van der Waals surface area (Å²) < 4.78 is 2.05. The van der Waals surface area contributed by atoms with E-state index < -0.39 is 5.97 Å². The van der Waals surface area contributed by atoms with Gasteiger partial charge in [-0.05, 0) is 31.7 Å². The molecule has 1 aliphatic carbocycles. The number of nitrogens with zero attached hydrogens (tertiary/aromatic N) is 3.